The van der Waals surface area contributed by atoms with Crippen LogP contribution in [0.2, 0.25) is 0 Å². The summed E-state index contributed by atoms with van der Waals surface area (Å²) in [6, 6.07) is 12.1. The second-order valence-electron chi connectivity index (χ2n) is 7.11. The van der Waals surface area contributed by atoms with Crippen LogP contribution in [0.5, 0.6) is 0 Å². The van der Waals surface area contributed by atoms with Gasteiger partial charge in [-0.2, -0.15) is 0 Å². The molecule has 0 radical (unpaired) electrons. The van der Waals surface area contributed by atoms with Gasteiger partial charge in [0.25, 0.3) is 0 Å². The highest BCUT2D eigenvalue weighted by atomic mass is 15.2. The van der Waals surface area contributed by atoms with Crippen LogP contribution in [0.3, 0.4) is 0 Å². The van der Waals surface area contributed by atoms with Crippen LogP contribution in [0.1, 0.15) is 52.1 Å². The molecule has 2 heteroatoms. The number of hydrogen-bond donors (Lipinski definition) is 1. The van der Waals surface area contributed by atoms with E-state index in [1.807, 2.05) is 0 Å². The number of rotatable bonds is 6. The molecule has 21 heavy (non-hydrogen) atoms. The molecule has 1 N–H and O–H groups in total. The van der Waals surface area contributed by atoms with E-state index in [1.54, 1.807) is 0 Å². The zero-order chi connectivity index (χ0) is 15.2. The molecule has 1 unspecified atom stereocenters. The summed E-state index contributed by atoms with van der Waals surface area (Å²) in [5.41, 5.74) is 1.45. The SMILES string of the molecule is CC(C)NCC(c1ccccc1)N1CCC(C(C)C)CC1. The van der Waals surface area contributed by atoms with Crippen LogP contribution in [0.15, 0.2) is 30.3 Å². The third-order valence-corrected chi connectivity index (χ3v) is 4.86. The van der Waals surface area contributed by atoms with Gasteiger partial charge in [-0.15, -0.1) is 0 Å². The molecule has 1 aromatic carbocycles. The summed E-state index contributed by atoms with van der Waals surface area (Å²) in [6.07, 6.45) is 2.70. The summed E-state index contributed by atoms with van der Waals surface area (Å²) < 4.78 is 0. The molecule has 118 valence electrons. The average Bonchev–Trinajstić information content (AvgIpc) is 2.49. The minimum atomic E-state index is 0.515. The molecule has 0 amide bonds. The van der Waals surface area contributed by atoms with Crippen molar-refractivity contribution in [2.45, 2.75) is 52.6 Å². The molecular formula is C19H32N2. The molecule has 0 aliphatic carbocycles. The van der Waals surface area contributed by atoms with Crippen molar-refractivity contribution in [2.24, 2.45) is 11.8 Å². The van der Waals surface area contributed by atoms with Crippen molar-refractivity contribution in [1.82, 2.24) is 10.2 Å². The lowest BCUT2D eigenvalue weighted by atomic mass is 9.86. The lowest BCUT2D eigenvalue weighted by Gasteiger charge is -2.39. The van der Waals surface area contributed by atoms with Gasteiger partial charge in [0.1, 0.15) is 0 Å². The second-order valence-corrected chi connectivity index (χ2v) is 7.11. The van der Waals surface area contributed by atoms with Crippen LogP contribution in [0.4, 0.5) is 0 Å². The molecule has 1 fully saturated rings. The largest absolute Gasteiger partial charge is 0.313 e. The highest BCUT2D eigenvalue weighted by molar-refractivity contribution is 5.19. The normalized spacial score (nSPS) is 19.3. The first-order valence-electron chi connectivity index (χ1n) is 8.60. The fourth-order valence-electron chi connectivity index (χ4n) is 3.38. The molecule has 0 spiro atoms. The average molecular weight is 288 g/mol. The standard InChI is InChI=1S/C19H32N2/c1-15(2)17-10-12-21(13-11-17)19(14-20-16(3)4)18-8-6-5-7-9-18/h5-9,15-17,19-20H,10-14H2,1-4H3. The van der Waals surface area contributed by atoms with Gasteiger partial charge in [-0.3, -0.25) is 4.90 Å². The molecule has 1 aliphatic rings. The molecule has 1 aromatic rings. The number of likely N-dealkylation sites (tertiary alicyclic amines) is 1. The number of nitrogens with one attached hydrogen (secondary N) is 1. The van der Waals surface area contributed by atoms with Crippen LogP contribution < -0.4 is 5.32 Å². The van der Waals surface area contributed by atoms with Crippen molar-refractivity contribution < 1.29 is 0 Å². The fourth-order valence-corrected chi connectivity index (χ4v) is 3.38. The maximum atomic E-state index is 3.63. The zero-order valence-corrected chi connectivity index (χ0v) is 14.2. The molecule has 1 atom stereocenters. The molecule has 0 saturated carbocycles. The van der Waals surface area contributed by atoms with E-state index in [-0.39, 0.29) is 0 Å². The lowest BCUT2D eigenvalue weighted by Crippen LogP contribution is -2.42. The van der Waals surface area contributed by atoms with E-state index < -0.39 is 0 Å². The van der Waals surface area contributed by atoms with E-state index in [9.17, 15) is 0 Å². The van der Waals surface area contributed by atoms with Crippen molar-refractivity contribution in [1.29, 1.82) is 0 Å². The molecule has 0 aromatic heterocycles. The lowest BCUT2D eigenvalue weighted by molar-refractivity contribution is 0.112. The topological polar surface area (TPSA) is 15.3 Å². The van der Waals surface area contributed by atoms with E-state index in [4.69, 9.17) is 0 Å². The van der Waals surface area contributed by atoms with Crippen molar-refractivity contribution in [3.05, 3.63) is 35.9 Å². The van der Waals surface area contributed by atoms with Crippen LogP contribution in [-0.4, -0.2) is 30.6 Å². The Labute approximate surface area is 130 Å². The van der Waals surface area contributed by atoms with Gasteiger partial charge in [0, 0.05) is 18.6 Å². The Morgan fingerprint density at radius 2 is 1.67 bits per heavy atom. The molecule has 2 rings (SSSR count). The number of hydrogen-bond acceptors (Lipinski definition) is 2. The molecular weight excluding hydrogens is 256 g/mol. The number of piperidine rings is 1. The minimum absolute atomic E-state index is 0.515. The molecule has 1 aliphatic heterocycles. The molecule has 2 nitrogen and oxygen atoms in total. The van der Waals surface area contributed by atoms with Gasteiger partial charge in [-0.05, 0) is 43.3 Å². The smallest absolute Gasteiger partial charge is 0.0472 e. The number of nitrogens with zero attached hydrogens (tertiary/aromatic N) is 1. The Balaban J connectivity index is 2.02. The van der Waals surface area contributed by atoms with E-state index in [2.05, 4.69) is 68.2 Å². The van der Waals surface area contributed by atoms with E-state index in [0.29, 0.717) is 12.1 Å². The summed E-state index contributed by atoms with van der Waals surface area (Å²) in [5, 5.41) is 3.63. The monoisotopic (exact) mass is 288 g/mol. The Hall–Kier alpha value is -0.860. The summed E-state index contributed by atoms with van der Waals surface area (Å²) in [4.78, 5) is 2.68. The predicted octanol–water partition coefficient (Wildman–Crippen LogP) is 4.09. The van der Waals surface area contributed by atoms with Crippen LogP contribution in [-0.2, 0) is 0 Å². The van der Waals surface area contributed by atoms with Gasteiger partial charge in [-0.25, -0.2) is 0 Å². The third-order valence-electron chi connectivity index (χ3n) is 4.86. The van der Waals surface area contributed by atoms with Gasteiger partial charge < -0.3 is 5.32 Å². The summed E-state index contributed by atoms with van der Waals surface area (Å²) >= 11 is 0. The first kappa shape index (κ1) is 16.5. The van der Waals surface area contributed by atoms with Gasteiger partial charge in [0.2, 0.25) is 0 Å². The fraction of sp³-hybridized carbons (Fsp3) is 0.684. The van der Waals surface area contributed by atoms with E-state index in [0.717, 1.165) is 18.4 Å². The van der Waals surface area contributed by atoms with Gasteiger partial charge >= 0.3 is 0 Å². The minimum Gasteiger partial charge on any atom is -0.313 e. The van der Waals surface area contributed by atoms with Gasteiger partial charge in [-0.1, -0.05) is 58.0 Å². The first-order chi connectivity index (χ1) is 10.1. The summed E-state index contributed by atoms with van der Waals surface area (Å²) in [6.45, 7) is 12.7. The quantitative estimate of drug-likeness (QED) is 0.848. The van der Waals surface area contributed by atoms with Crippen LogP contribution in [0, 0.1) is 11.8 Å². The van der Waals surface area contributed by atoms with Crippen molar-refractivity contribution >= 4 is 0 Å². The third kappa shape index (κ3) is 4.82. The van der Waals surface area contributed by atoms with E-state index >= 15 is 0 Å². The van der Waals surface area contributed by atoms with Crippen molar-refractivity contribution in [2.75, 3.05) is 19.6 Å². The van der Waals surface area contributed by atoms with Gasteiger partial charge in [0.15, 0.2) is 0 Å². The molecule has 1 heterocycles. The van der Waals surface area contributed by atoms with Crippen LogP contribution >= 0.6 is 0 Å². The molecule has 1 saturated heterocycles. The van der Waals surface area contributed by atoms with Crippen molar-refractivity contribution in [3.63, 3.8) is 0 Å². The summed E-state index contributed by atoms with van der Waals surface area (Å²) in [5.74, 6) is 1.74. The predicted molar refractivity (Wildman–Crippen MR) is 91.5 cm³/mol. The maximum absolute atomic E-state index is 3.63. The Kier molecular flexibility index (Phi) is 6.25. The highest BCUT2D eigenvalue weighted by Gasteiger charge is 2.27. The first-order valence-corrected chi connectivity index (χ1v) is 8.60. The summed E-state index contributed by atoms with van der Waals surface area (Å²) in [7, 11) is 0. The maximum Gasteiger partial charge on any atom is 0.0472 e. The van der Waals surface area contributed by atoms with Gasteiger partial charge in [0.05, 0.1) is 0 Å². The number of benzene rings is 1. The zero-order valence-electron chi connectivity index (χ0n) is 14.2. The van der Waals surface area contributed by atoms with E-state index in [1.165, 1.54) is 31.5 Å². The van der Waals surface area contributed by atoms with Crippen molar-refractivity contribution in [3.8, 4) is 0 Å². The Morgan fingerprint density at radius 1 is 1.05 bits per heavy atom. The Morgan fingerprint density at radius 3 is 2.19 bits per heavy atom. The van der Waals surface area contributed by atoms with Crippen LogP contribution in [0.25, 0.3) is 0 Å². The molecule has 0 bridgehead atoms. The highest BCUT2D eigenvalue weighted by Crippen LogP contribution is 2.30. The second kappa shape index (κ2) is 7.95. The Bertz CT molecular complexity index is 391.